The number of carbonyl (C=O) groups is 1. The number of rotatable bonds is 5. The van der Waals surface area contributed by atoms with Crippen LogP contribution in [-0.4, -0.2) is 10.9 Å². The van der Waals surface area contributed by atoms with Gasteiger partial charge in [-0.3, -0.25) is 4.79 Å². The maximum absolute atomic E-state index is 12.0. The lowest BCUT2D eigenvalue weighted by Gasteiger charge is -2.10. The van der Waals surface area contributed by atoms with Gasteiger partial charge in [0.25, 0.3) is 0 Å². The average Bonchev–Trinajstić information content (AvgIpc) is 3.05. The van der Waals surface area contributed by atoms with Gasteiger partial charge in [0.05, 0.1) is 10.7 Å². The summed E-state index contributed by atoms with van der Waals surface area (Å²) in [6.07, 6.45) is 1.08. The first-order chi connectivity index (χ1) is 12.4. The molecule has 4 nitrogen and oxygen atoms in total. The third-order valence-electron chi connectivity index (χ3n) is 4.59. The minimum absolute atomic E-state index is 0.0835. The van der Waals surface area contributed by atoms with Gasteiger partial charge < -0.3 is 9.73 Å². The zero-order chi connectivity index (χ0) is 18.8. The Balaban J connectivity index is 1.97. The van der Waals surface area contributed by atoms with E-state index < -0.39 is 0 Å². The quantitative estimate of drug-likeness (QED) is 0.576. The predicted octanol–water partition coefficient (Wildman–Crippen LogP) is 6.26. The lowest BCUT2D eigenvalue weighted by Crippen LogP contribution is -2.17. The van der Waals surface area contributed by atoms with E-state index >= 15 is 0 Å². The third-order valence-corrected chi connectivity index (χ3v) is 4.92. The number of carbonyl (C=O) groups excluding carboxylic acids is 1. The van der Waals surface area contributed by atoms with Crippen molar-refractivity contribution in [2.45, 2.75) is 40.0 Å². The molecule has 3 rings (SSSR count). The molecule has 0 saturated heterocycles. The van der Waals surface area contributed by atoms with Gasteiger partial charge in [-0.2, -0.15) is 0 Å². The minimum atomic E-state index is -0.127. The van der Waals surface area contributed by atoms with Gasteiger partial charge in [-0.1, -0.05) is 45.4 Å². The molecule has 0 fully saturated rings. The number of halogens is 1. The summed E-state index contributed by atoms with van der Waals surface area (Å²) in [7, 11) is 0. The van der Waals surface area contributed by atoms with Crippen LogP contribution in [0.5, 0.6) is 0 Å². The van der Waals surface area contributed by atoms with E-state index in [9.17, 15) is 4.79 Å². The van der Waals surface area contributed by atoms with Crippen molar-refractivity contribution in [3.8, 4) is 11.5 Å². The Morgan fingerprint density at radius 3 is 2.65 bits per heavy atom. The first-order valence-corrected chi connectivity index (χ1v) is 9.28. The van der Waals surface area contributed by atoms with Crippen LogP contribution in [0.2, 0.25) is 5.02 Å². The first kappa shape index (κ1) is 18.5. The van der Waals surface area contributed by atoms with Gasteiger partial charge in [-0.15, -0.1) is 0 Å². The zero-order valence-corrected chi connectivity index (χ0v) is 16.2. The molecule has 0 aliphatic rings. The van der Waals surface area contributed by atoms with E-state index in [1.165, 1.54) is 5.56 Å². The lowest BCUT2D eigenvalue weighted by molar-refractivity contribution is -0.118. The highest BCUT2D eigenvalue weighted by Crippen LogP contribution is 2.32. The Bertz CT molecular complexity index is 946. The molecule has 2 aromatic carbocycles. The molecule has 1 N–H and O–H groups in total. The van der Waals surface area contributed by atoms with Crippen molar-refractivity contribution in [3.63, 3.8) is 0 Å². The van der Waals surface area contributed by atoms with E-state index in [0.29, 0.717) is 22.5 Å². The fourth-order valence-corrected chi connectivity index (χ4v) is 2.81. The molecule has 1 amide bonds. The largest absolute Gasteiger partial charge is 0.436 e. The van der Waals surface area contributed by atoms with E-state index in [1.807, 2.05) is 26.0 Å². The van der Waals surface area contributed by atoms with Crippen LogP contribution in [0.25, 0.3) is 22.6 Å². The van der Waals surface area contributed by atoms with Gasteiger partial charge in [0.15, 0.2) is 5.58 Å². The first-order valence-electron chi connectivity index (χ1n) is 8.90. The van der Waals surface area contributed by atoms with Crippen LogP contribution in [0, 0.1) is 5.92 Å². The number of benzene rings is 2. The molecule has 1 unspecified atom stereocenters. The van der Waals surface area contributed by atoms with Gasteiger partial charge in [-0.25, -0.2) is 4.98 Å². The van der Waals surface area contributed by atoms with E-state index in [-0.39, 0.29) is 11.8 Å². The Kier molecular flexibility index (Phi) is 5.33. The van der Waals surface area contributed by atoms with Crippen LogP contribution < -0.4 is 5.32 Å². The monoisotopic (exact) mass is 370 g/mol. The summed E-state index contributed by atoms with van der Waals surface area (Å²) in [5.41, 5.74) is 4.16. The molecule has 0 aliphatic heterocycles. The number of hydrogen-bond donors (Lipinski definition) is 1. The Labute approximate surface area is 158 Å². The number of nitrogens with one attached hydrogen (secondary N) is 1. The summed E-state index contributed by atoms with van der Waals surface area (Å²) in [6, 6.07) is 11.5. The number of amides is 1. The van der Waals surface area contributed by atoms with Crippen LogP contribution in [0.1, 0.15) is 45.6 Å². The third kappa shape index (κ3) is 3.75. The van der Waals surface area contributed by atoms with E-state index in [0.717, 1.165) is 23.1 Å². The van der Waals surface area contributed by atoms with Gasteiger partial charge in [0, 0.05) is 11.5 Å². The van der Waals surface area contributed by atoms with Crippen molar-refractivity contribution >= 4 is 34.3 Å². The van der Waals surface area contributed by atoms with Crippen LogP contribution in [0.4, 0.5) is 5.69 Å². The van der Waals surface area contributed by atoms with Crippen molar-refractivity contribution in [1.29, 1.82) is 0 Å². The molecular formula is C21H23ClN2O2. The molecule has 136 valence electrons. The average molecular weight is 371 g/mol. The minimum Gasteiger partial charge on any atom is -0.436 e. The standard InChI is InChI=1S/C21H23ClN2O2/c1-5-13(4)14-7-9-19-18(10-14)24-21(26-19)15-6-8-16(22)17(11-15)23-20(25)12(2)3/h6-13H,5H2,1-4H3,(H,23,25). The molecule has 0 spiro atoms. The second-order valence-corrected chi connectivity index (χ2v) is 7.30. The molecule has 26 heavy (non-hydrogen) atoms. The van der Waals surface area contributed by atoms with Crippen molar-refractivity contribution in [1.82, 2.24) is 4.98 Å². The highest BCUT2D eigenvalue weighted by molar-refractivity contribution is 6.33. The van der Waals surface area contributed by atoms with Gasteiger partial charge >= 0.3 is 0 Å². The van der Waals surface area contributed by atoms with Crippen LogP contribution in [0.15, 0.2) is 40.8 Å². The molecule has 0 saturated carbocycles. The fraction of sp³-hybridized carbons (Fsp3) is 0.333. The highest BCUT2D eigenvalue weighted by atomic mass is 35.5. The fourth-order valence-electron chi connectivity index (χ4n) is 2.64. The number of nitrogens with zero attached hydrogens (tertiary/aromatic N) is 1. The number of aromatic nitrogens is 1. The van der Waals surface area contributed by atoms with E-state index in [2.05, 4.69) is 36.3 Å². The van der Waals surface area contributed by atoms with Gasteiger partial charge in [-0.05, 0) is 48.2 Å². The van der Waals surface area contributed by atoms with Crippen LogP contribution >= 0.6 is 11.6 Å². The lowest BCUT2D eigenvalue weighted by atomic mass is 9.98. The molecule has 1 atom stereocenters. The van der Waals surface area contributed by atoms with Crippen LogP contribution in [-0.2, 0) is 4.79 Å². The molecule has 1 aromatic heterocycles. The summed E-state index contributed by atoms with van der Waals surface area (Å²) in [6.45, 7) is 8.04. The number of oxazole rings is 1. The SMILES string of the molecule is CCC(C)c1ccc2oc(-c3ccc(Cl)c(NC(=O)C(C)C)c3)nc2c1. The topological polar surface area (TPSA) is 55.1 Å². The molecule has 0 aliphatic carbocycles. The normalized spacial score (nSPS) is 12.5. The zero-order valence-electron chi connectivity index (χ0n) is 15.5. The maximum atomic E-state index is 12.0. The second-order valence-electron chi connectivity index (χ2n) is 6.89. The summed E-state index contributed by atoms with van der Waals surface area (Å²) in [4.78, 5) is 16.6. The highest BCUT2D eigenvalue weighted by Gasteiger charge is 2.14. The van der Waals surface area contributed by atoms with Gasteiger partial charge in [0.2, 0.25) is 11.8 Å². The van der Waals surface area contributed by atoms with Gasteiger partial charge in [0.1, 0.15) is 5.52 Å². The van der Waals surface area contributed by atoms with Crippen molar-refractivity contribution in [3.05, 3.63) is 47.0 Å². The summed E-state index contributed by atoms with van der Waals surface area (Å²) < 4.78 is 5.90. The summed E-state index contributed by atoms with van der Waals surface area (Å²) in [5, 5.41) is 3.33. The summed E-state index contributed by atoms with van der Waals surface area (Å²) in [5.74, 6) is 0.781. The maximum Gasteiger partial charge on any atom is 0.227 e. The summed E-state index contributed by atoms with van der Waals surface area (Å²) >= 11 is 6.22. The smallest absolute Gasteiger partial charge is 0.227 e. The Morgan fingerprint density at radius 2 is 1.96 bits per heavy atom. The Hall–Kier alpha value is -2.33. The molecule has 1 heterocycles. The van der Waals surface area contributed by atoms with Crippen molar-refractivity contribution in [2.24, 2.45) is 5.92 Å². The second kappa shape index (κ2) is 7.50. The molecule has 5 heteroatoms. The van der Waals surface area contributed by atoms with Crippen molar-refractivity contribution in [2.75, 3.05) is 5.32 Å². The number of fused-ring (bicyclic) bond motifs is 1. The number of anilines is 1. The van der Waals surface area contributed by atoms with E-state index in [1.54, 1.807) is 12.1 Å². The molecule has 0 radical (unpaired) electrons. The predicted molar refractivity (Wildman–Crippen MR) is 107 cm³/mol. The number of hydrogen-bond acceptors (Lipinski definition) is 3. The van der Waals surface area contributed by atoms with Crippen molar-refractivity contribution < 1.29 is 9.21 Å². The molecular weight excluding hydrogens is 348 g/mol. The molecule has 3 aromatic rings. The van der Waals surface area contributed by atoms with Crippen LogP contribution in [0.3, 0.4) is 0 Å². The van der Waals surface area contributed by atoms with E-state index in [4.69, 9.17) is 16.0 Å². The molecule has 0 bridgehead atoms. The Morgan fingerprint density at radius 1 is 1.19 bits per heavy atom.